The predicted octanol–water partition coefficient (Wildman–Crippen LogP) is 3.36. The molecule has 2 aromatic rings. The standard InChI is InChI=1S/C11H14N2S/c1-8(2)7-12-11-9-5-3-4-6-10(9)14-13-11/h3-6,8H,7H2,1-2H3,(H,12,13). The third kappa shape index (κ3) is 1.87. The number of fused-ring (bicyclic) bond motifs is 1. The molecule has 74 valence electrons. The second kappa shape index (κ2) is 3.96. The first-order valence-corrected chi connectivity index (χ1v) is 5.63. The molecular weight excluding hydrogens is 192 g/mol. The van der Waals surface area contributed by atoms with Gasteiger partial charge in [-0.2, -0.15) is 4.37 Å². The molecule has 1 heterocycles. The van der Waals surface area contributed by atoms with Crippen LogP contribution in [0.2, 0.25) is 0 Å². The third-order valence-electron chi connectivity index (χ3n) is 2.06. The summed E-state index contributed by atoms with van der Waals surface area (Å²) < 4.78 is 5.65. The summed E-state index contributed by atoms with van der Waals surface area (Å²) in [7, 11) is 0. The maximum absolute atomic E-state index is 4.40. The van der Waals surface area contributed by atoms with E-state index in [1.54, 1.807) is 11.5 Å². The van der Waals surface area contributed by atoms with E-state index < -0.39 is 0 Å². The van der Waals surface area contributed by atoms with Crippen LogP contribution >= 0.6 is 11.5 Å². The molecular formula is C11H14N2S. The van der Waals surface area contributed by atoms with Crippen molar-refractivity contribution >= 4 is 27.4 Å². The van der Waals surface area contributed by atoms with E-state index in [-0.39, 0.29) is 0 Å². The molecule has 2 rings (SSSR count). The van der Waals surface area contributed by atoms with Crippen molar-refractivity contribution in [3.05, 3.63) is 24.3 Å². The van der Waals surface area contributed by atoms with Gasteiger partial charge in [-0.1, -0.05) is 26.0 Å². The van der Waals surface area contributed by atoms with Gasteiger partial charge in [0.25, 0.3) is 0 Å². The lowest BCUT2D eigenvalue weighted by Gasteiger charge is -2.05. The minimum Gasteiger partial charge on any atom is -0.368 e. The number of hydrogen-bond donors (Lipinski definition) is 1. The minimum absolute atomic E-state index is 0.649. The van der Waals surface area contributed by atoms with Gasteiger partial charge in [0.1, 0.15) is 5.82 Å². The van der Waals surface area contributed by atoms with E-state index in [4.69, 9.17) is 0 Å². The average Bonchev–Trinajstić information content (AvgIpc) is 2.58. The summed E-state index contributed by atoms with van der Waals surface area (Å²) in [4.78, 5) is 0. The summed E-state index contributed by atoms with van der Waals surface area (Å²) in [6.45, 7) is 5.37. The molecule has 1 aromatic heterocycles. The van der Waals surface area contributed by atoms with Gasteiger partial charge in [-0.25, -0.2) is 0 Å². The van der Waals surface area contributed by atoms with Crippen molar-refractivity contribution in [3.63, 3.8) is 0 Å². The summed E-state index contributed by atoms with van der Waals surface area (Å²) >= 11 is 1.55. The number of anilines is 1. The Balaban J connectivity index is 2.25. The zero-order chi connectivity index (χ0) is 9.97. The first kappa shape index (κ1) is 9.46. The molecule has 0 atom stereocenters. The Kier molecular flexibility index (Phi) is 2.68. The summed E-state index contributed by atoms with van der Waals surface area (Å²) in [6.07, 6.45) is 0. The van der Waals surface area contributed by atoms with E-state index in [2.05, 4.69) is 41.7 Å². The monoisotopic (exact) mass is 206 g/mol. The summed E-state index contributed by atoms with van der Waals surface area (Å²) in [6, 6.07) is 8.32. The number of nitrogens with one attached hydrogen (secondary N) is 1. The molecule has 0 aliphatic carbocycles. The summed E-state index contributed by atoms with van der Waals surface area (Å²) in [5, 5.41) is 4.60. The largest absolute Gasteiger partial charge is 0.368 e. The van der Waals surface area contributed by atoms with Crippen LogP contribution in [-0.2, 0) is 0 Å². The lowest BCUT2D eigenvalue weighted by Crippen LogP contribution is -2.07. The molecule has 0 radical (unpaired) electrons. The van der Waals surface area contributed by atoms with Gasteiger partial charge in [-0.3, -0.25) is 0 Å². The van der Waals surface area contributed by atoms with Crippen LogP contribution in [-0.4, -0.2) is 10.9 Å². The quantitative estimate of drug-likeness (QED) is 0.833. The van der Waals surface area contributed by atoms with Gasteiger partial charge < -0.3 is 5.32 Å². The number of benzene rings is 1. The van der Waals surface area contributed by atoms with Gasteiger partial charge in [-0.05, 0) is 29.6 Å². The Morgan fingerprint density at radius 2 is 2.14 bits per heavy atom. The predicted molar refractivity (Wildman–Crippen MR) is 62.9 cm³/mol. The molecule has 0 fully saturated rings. The molecule has 0 amide bonds. The Morgan fingerprint density at radius 3 is 2.93 bits per heavy atom. The molecule has 0 spiro atoms. The maximum Gasteiger partial charge on any atom is 0.147 e. The molecule has 0 bridgehead atoms. The van der Waals surface area contributed by atoms with Crippen LogP contribution in [0.15, 0.2) is 24.3 Å². The molecule has 0 aliphatic heterocycles. The molecule has 2 nitrogen and oxygen atoms in total. The zero-order valence-corrected chi connectivity index (χ0v) is 9.27. The van der Waals surface area contributed by atoms with Gasteiger partial charge in [-0.15, -0.1) is 0 Å². The van der Waals surface area contributed by atoms with Crippen LogP contribution in [0.4, 0.5) is 5.82 Å². The van der Waals surface area contributed by atoms with Crippen LogP contribution < -0.4 is 5.32 Å². The normalized spacial score (nSPS) is 11.1. The zero-order valence-electron chi connectivity index (χ0n) is 8.45. The Hall–Kier alpha value is -1.09. The topological polar surface area (TPSA) is 24.9 Å². The second-order valence-corrected chi connectivity index (χ2v) is 4.61. The van der Waals surface area contributed by atoms with Crippen molar-refractivity contribution < 1.29 is 0 Å². The summed E-state index contributed by atoms with van der Waals surface area (Å²) in [5.74, 6) is 1.68. The van der Waals surface area contributed by atoms with Gasteiger partial charge in [0.05, 0.1) is 4.70 Å². The minimum atomic E-state index is 0.649. The van der Waals surface area contributed by atoms with E-state index in [1.807, 2.05) is 6.07 Å². The SMILES string of the molecule is CC(C)CNc1nsc2ccccc12. The first-order valence-electron chi connectivity index (χ1n) is 4.85. The molecule has 3 heteroatoms. The van der Waals surface area contributed by atoms with Gasteiger partial charge >= 0.3 is 0 Å². The fraction of sp³-hybridized carbons (Fsp3) is 0.364. The molecule has 1 aromatic carbocycles. The number of nitrogens with zero attached hydrogens (tertiary/aromatic N) is 1. The van der Waals surface area contributed by atoms with E-state index in [1.165, 1.54) is 10.1 Å². The number of hydrogen-bond acceptors (Lipinski definition) is 3. The van der Waals surface area contributed by atoms with E-state index in [0.29, 0.717) is 5.92 Å². The highest BCUT2D eigenvalue weighted by Crippen LogP contribution is 2.26. The summed E-state index contributed by atoms with van der Waals surface area (Å²) in [5.41, 5.74) is 0. The fourth-order valence-corrected chi connectivity index (χ4v) is 2.07. The highest BCUT2D eigenvalue weighted by Gasteiger charge is 2.04. The first-order chi connectivity index (χ1) is 6.77. The number of aromatic nitrogens is 1. The smallest absolute Gasteiger partial charge is 0.147 e. The second-order valence-electron chi connectivity index (χ2n) is 3.80. The molecule has 0 saturated carbocycles. The van der Waals surface area contributed by atoms with Gasteiger partial charge in [0.2, 0.25) is 0 Å². The van der Waals surface area contributed by atoms with Gasteiger partial charge in [0.15, 0.2) is 0 Å². The van der Waals surface area contributed by atoms with Crippen molar-refractivity contribution in [2.45, 2.75) is 13.8 Å². The Morgan fingerprint density at radius 1 is 1.36 bits per heavy atom. The molecule has 14 heavy (non-hydrogen) atoms. The van der Waals surface area contributed by atoms with Gasteiger partial charge in [0, 0.05) is 11.9 Å². The lowest BCUT2D eigenvalue weighted by molar-refractivity contribution is 0.688. The van der Waals surface area contributed by atoms with Crippen molar-refractivity contribution in [3.8, 4) is 0 Å². The third-order valence-corrected chi connectivity index (χ3v) is 2.88. The fourth-order valence-electron chi connectivity index (χ4n) is 1.31. The van der Waals surface area contributed by atoms with Crippen LogP contribution in [0.1, 0.15) is 13.8 Å². The maximum atomic E-state index is 4.40. The molecule has 0 saturated heterocycles. The molecule has 0 unspecified atom stereocenters. The van der Waals surface area contributed by atoms with E-state index in [0.717, 1.165) is 12.4 Å². The van der Waals surface area contributed by atoms with Crippen LogP contribution in [0.25, 0.3) is 10.1 Å². The highest BCUT2D eigenvalue weighted by atomic mass is 32.1. The highest BCUT2D eigenvalue weighted by molar-refractivity contribution is 7.13. The van der Waals surface area contributed by atoms with Crippen LogP contribution in [0.3, 0.4) is 0 Å². The van der Waals surface area contributed by atoms with Crippen molar-refractivity contribution in [1.29, 1.82) is 0 Å². The van der Waals surface area contributed by atoms with Crippen LogP contribution in [0, 0.1) is 5.92 Å². The number of rotatable bonds is 3. The van der Waals surface area contributed by atoms with Crippen LogP contribution in [0.5, 0.6) is 0 Å². The Labute approximate surface area is 88.1 Å². The average molecular weight is 206 g/mol. The van der Waals surface area contributed by atoms with E-state index in [9.17, 15) is 0 Å². The van der Waals surface area contributed by atoms with E-state index >= 15 is 0 Å². The lowest BCUT2D eigenvalue weighted by atomic mass is 10.2. The Bertz CT molecular complexity index is 420. The van der Waals surface area contributed by atoms with Crippen molar-refractivity contribution in [2.24, 2.45) is 5.92 Å². The van der Waals surface area contributed by atoms with Crippen molar-refractivity contribution in [1.82, 2.24) is 4.37 Å². The van der Waals surface area contributed by atoms with Crippen molar-refractivity contribution in [2.75, 3.05) is 11.9 Å². The molecule has 1 N–H and O–H groups in total. The molecule has 0 aliphatic rings.